The lowest BCUT2D eigenvalue weighted by molar-refractivity contribution is -0.0976. The number of likely N-dealkylation sites (N-methyl/N-ethyl adjacent to an activating group) is 1. The van der Waals surface area contributed by atoms with E-state index in [4.69, 9.17) is 21.3 Å². The standard InChI is InChI=1S/C24H25ClN2O2/c1-27-9-8-23(18-4-3-5-20(12-18)29-2)14-22-17(13-24(23,28)15-27)10-16-11-19(25)6-7-21(16)26-22/h3-7,10-12,28H,8-9,13-15H2,1-2H3/t23-,24-/m0/s1. The minimum absolute atomic E-state index is 0.381. The number of hydrogen-bond donors (Lipinski definition) is 1. The number of β-amino-alcohol motifs (C(OH)–C–C–N with tert-alkyl or cyclic N) is 1. The van der Waals surface area contributed by atoms with Crippen molar-refractivity contribution >= 4 is 22.5 Å². The molecule has 3 aromatic rings. The van der Waals surface area contributed by atoms with Crippen LogP contribution in [0.1, 0.15) is 23.2 Å². The van der Waals surface area contributed by atoms with E-state index in [0.29, 0.717) is 18.0 Å². The molecule has 0 unspecified atom stereocenters. The van der Waals surface area contributed by atoms with E-state index in [1.54, 1.807) is 7.11 Å². The molecule has 1 fully saturated rings. The molecule has 4 nitrogen and oxygen atoms in total. The number of nitrogens with zero attached hydrogens (tertiary/aromatic N) is 2. The molecule has 1 saturated heterocycles. The van der Waals surface area contributed by atoms with Gasteiger partial charge in [-0.3, -0.25) is 4.98 Å². The molecular formula is C24H25ClN2O2. The number of aliphatic hydroxyl groups is 1. The van der Waals surface area contributed by atoms with E-state index in [-0.39, 0.29) is 5.41 Å². The Bertz CT molecular complexity index is 1100. The molecule has 2 atom stereocenters. The maximum Gasteiger partial charge on any atom is 0.119 e. The Morgan fingerprint density at radius 1 is 1.14 bits per heavy atom. The highest BCUT2D eigenvalue weighted by atomic mass is 35.5. The molecule has 29 heavy (non-hydrogen) atoms. The highest BCUT2D eigenvalue weighted by Gasteiger charge is 2.57. The van der Waals surface area contributed by atoms with Crippen molar-refractivity contribution in [2.24, 2.45) is 0 Å². The Balaban J connectivity index is 1.70. The highest BCUT2D eigenvalue weighted by Crippen LogP contribution is 2.50. The molecule has 1 aromatic heterocycles. The van der Waals surface area contributed by atoms with Crippen LogP contribution in [0.5, 0.6) is 5.75 Å². The van der Waals surface area contributed by atoms with Gasteiger partial charge in [0.25, 0.3) is 0 Å². The lowest BCUT2D eigenvalue weighted by Gasteiger charge is -2.56. The fraction of sp³-hybridized carbons (Fsp3) is 0.375. The first-order valence-electron chi connectivity index (χ1n) is 10.1. The van der Waals surface area contributed by atoms with Gasteiger partial charge in [0.05, 0.1) is 18.2 Å². The van der Waals surface area contributed by atoms with Gasteiger partial charge >= 0.3 is 0 Å². The SMILES string of the molecule is COc1cccc([C@@]23CCN(C)C[C@@]2(O)Cc2cc4cc(Cl)ccc4nc2C3)c1. The topological polar surface area (TPSA) is 45.6 Å². The molecule has 5 heteroatoms. The van der Waals surface area contributed by atoms with Crippen molar-refractivity contribution in [1.82, 2.24) is 9.88 Å². The predicted molar refractivity (Wildman–Crippen MR) is 116 cm³/mol. The number of aromatic nitrogens is 1. The van der Waals surface area contributed by atoms with Gasteiger partial charge in [0, 0.05) is 40.9 Å². The first kappa shape index (κ1) is 18.9. The van der Waals surface area contributed by atoms with Gasteiger partial charge in [0.2, 0.25) is 0 Å². The second-order valence-corrected chi connectivity index (χ2v) is 9.05. The number of fused-ring (bicyclic) bond motifs is 3. The third kappa shape index (κ3) is 2.93. The predicted octanol–water partition coefficient (Wildman–Crippen LogP) is 4.00. The van der Waals surface area contributed by atoms with E-state index in [1.807, 2.05) is 30.3 Å². The molecule has 2 heterocycles. The Labute approximate surface area is 176 Å². The molecule has 0 bridgehead atoms. The number of pyridine rings is 1. The molecule has 1 aliphatic heterocycles. The molecule has 0 radical (unpaired) electrons. The Morgan fingerprint density at radius 3 is 2.83 bits per heavy atom. The number of ether oxygens (including phenoxy) is 1. The molecule has 2 aliphatic rings. The molecule has 1 N–H and O–H groups in total. The smallest absolute Gasteiger partial charge is 0.119 e. The van der Waals surface area contributed by atoms with Crippen LogP contribution in [0, 0.1) is 0 Å². The van der Waals surface area contributed by atoms with Gasteiger partial charge in [0.15, 0.2) is 0 Å². The van der Waals surface area contributed by atoms with Crippen molar-refractivity contribution in [3.63, 3.8) is 0 Å². The largest absolute Gasteiger partial charge is 0.497 e. The Hall–Kier alpha value is -2.14. The highest BCUT2D eigenvalue weighted by molar-refractivity contribution is 6.31. The van der Waals surface area contributed by atoms with E-state index in [1.165, 1.54) is 0 Å². The van der Waals surface area contributed by atoms with Crippen molar-refractivity contribution in [3.05, 3.63) is 70.4 Å². The first-order valence-corrected chi connectivity index (χ1v) is 10.4. The van der Waals surface area contributed by atoms with Gasteiger partial charge in [-0.1, -0.05) is 23.7 Å². The quantitative estimate of drug-likeness (QED) is 0.696. The normalized spacial score (nSPS) is 26.8. The van der Waals surface area contributed by atoms with Gasteiger partial charge in [-0.05, 0) is 67.5 Å². The van der Waals surface area contributed by atoms with E-state index in [9.17, 15) is 5.11 Å². The van der Waals surface area contributed by atoms with Crippen LogP contribution in [0.3, 0.4) is 0 Å². The Kier molecular flexibility index (Phi) is 4.35. The summed E-state index contributed by atoms with van der Waals surface area (Å²) in [6.45, 7) is 1.58. The van der Waals surface area contributed by atoms with Crippen molar-refractivity contribution in [2.45, 2.75) is 30.3 Å². The molecule has 0 spiro atoms. The molecule has 1 aliphatic carbocycles. The van der Waals surface area contributed by atoms with E-state index in [2.05, 4.69) is 30.1 Å². The minimum Gasteiger partial charge on any atom is -0.497 e. The van der Waals surface area contributed by atoms with Crippen LogP contribution >= 0.6 is 11.6 Å². The van der Waals surface area contributed by atoms with Crippen LogP contribution in [0.2, 0.25) is 5.02 Å². The van der Waals surface area contributed by atoms with Crippen molar-refractivity contribution < 1.29 is 9.84 Å². The van der Waals surface area contributed by atoms with Crippen molar-refractivity contribution in [3.8, 4) is 5.75 Å². The fourth-order valence-electron chi connectivity index (χ4n) is 5.34. The van der Waals surface area contributed by atoms with E-state index in [0.717, 1.165) is 52.9 Å². The number of hydrogen-bond acceptors (Lipinski definition) is 4. The Morgan fingerprint density at radius 2 is 2.00 bits per heavy atom. The molecule has 0 amide bonds. The van der Waals surface area contributed by atoms with Gasteiger partial charge in [-0.2, -0.15) is 0 Å². The summed E-state index contributed by atoms with van der Waals surface area (Å²) in [7, 11) is 3.77. The van der Waals surface area contributed by atoms with Gasteiger partial charge in [-0.15, -0.1) is 0 Å². The van der Waals surface area contributed by atoms with Crippen LogP contribution in [-0.4, -0.2) is 47.8 Å². The molecular weight excluding hydrogens is 384 g/mol. The monoisotopic (exact) mass is 408 g/mol. The zero-order valence-electron chi connectivity index (χ0n) is 16.8. The number of benzene rings is 2. The summed E-state index contributed by atoms with van der Waals surface area (Å²) >= 11 is 6.19. The third-order valence-electron chi connectivity index (χ3n) is 6.86. The summed E-state index contributed by atoms with van der Waals surface area (Å²) in [6.07, 6.45) is 2.19. The lowest BCUT2D eigenvalue weighted by atomic mass is 9.56. The number of rotatable bonds is 2. The number of piperidine rings is 1. The zero-order chi connectivity index (χ0) is 20.2. The summed E-state index contributed by atoms with van der Waals surface area (Å²) in [4.78, 5) is 7.23. The van der Waals surface area contributed by atoms with Gasteiger partial charge in [0.1, 0.15) is 5.75 Å². The second kappa shape index (κ2) is 6.69. The molecule has 0 saturated carbocycles. The summed E-state index contributed by atoms with van der Waals surface area (Å²) in [5, 5.41) is 13.8. The average Bonchev–Trinajstić information content (AvgIpc) is 2.70. The first-order chi connectivity index (χ1) is 13.9. The average molecular weight is 409 g/mol. The maximum absolute atomic E-state index is 12.1. The third-order valence-corrected chi connectivity index (χ3v) is 7.10. The number of likely N-dealkylation sites (tertiary alicyclic amines) is 1. The fourth-order valence-corrected chi connectivity index (χ4v) is 5.52. The second-order valence-electron chi connectivity index (χ2n) is 8.62. The van der Waals surface area contributed by atoms with Crippen LogP contribution < -0.4 is 4.74 Å². The van der Waals surface area contributed by atoms with Crippen molar-refractivity contribution in [2.75, 3.05) is 27.2 Å². The summed E-state index contributed by atoms with van der Waals surface area (Å²) in [5.74, 6) is 0.824. The number of methoxy groups -OCH3 is 1. The van der Waals surface area contributed by atoms with Crippen molar-refractivity contribution in [1.29, 1.82) is 0 Å². The van der Waals surface area contributed by atoms with E-state index >= 15 is 0 Å². The summed E-state index contributed by atoms with van der Waals surface area (Å²) < 4.78 is 5.49. The molecule has 5 rings (SSSR count). The van der Waals surface area contributed by atoms with E-state index < -0.39 is 5.60 Å². The lowest BCUT2D eigenvalue weighted by Crippen LogP contribution is -2.66. The maximum atomic E-state index is 12.1. The molecule has 2 aromatic carbocycles. The van der Waals surface area contributed by atoms with Crippen LogP contribution in [-0.2, 0) is 18.3 Å². The number of halogens is 1. The zero-order valence-corrected chi connectivity index (χ0v) is 17.5. The summed E-state index contributed by atoms with van der Waals surface area (Å²) in [6, 6.07) is 16.2. The van der Waals surface area contributed by atoms with Gasteiger partial charge < -0.3 is 14.7 Å². The van der Waals surface area contributed by atoms with Crippen LogP contribution in [0.15, 0.2) is 48.5 Å². The van der Waals surface area contributed by atoms with Crippen LogP contribution in [0.25, 0.3) is 10.9 Å². The van der Waals surface area contributed by atoms with Crippen LogP contribution in [0.4, 0.5) is 0 Å². The minimum atomic E-state index is -0.868. The summed E-state index contributed by atoms with van der Waals surface area (Å²) in [5.41, 5.74) is 3.04. The molecule has 150 valence electrons. The van der Waals surface area contributed by atoms with Gasteiger partial charge in [-0.25, -0.2) is 0 Å².